The third kappa shape index (κ3) is 6.55. The van der Waals surface area contributed by atoms with Crippen LogP contribution in [0.2, 0.25) is 0 Å². The number of halogens is 3. The molecular formula is C28H33F3N2O3S2. The fourth-order valence-electron chi connectivity index (χ4n) is 5.16. The molecule has 0 bridgehead atoms. The molecule has 0 radical (unpaired) electrons. The lowest BCUT2D eigenvalue weighted by atomic mass is 9.82. The molecule has 2 aromatic rings. The molecule has 1 atom stereocenters. The van der Waals surface area contributed by atoms with Gasteiger partial charge >= 0.3 is 6.18 Å². The summed E-state index contributed by atoms with van der Waals surface area (Å²) in [6.07, 6.45) is -2.72. The van der Waals surface area contributed by atoms with Crippen LogP contribution in [0.15, 0.2) is 35.2 Å². The van der Waals surface area contributed by atoms with Gasteiger partial charge in [-0.05, 0) is 60.9 Å². The lowest BCUT2D eigenvalue weighted by Gasteiger charge is -2.28. The molecule has 2 heterocycles. The van der Waals surface area contributed by atoms with Gasteiger partial charge < -0.3 is 10.2 Å². The molecule has 4 rings (SSSR count). The number of sulfone groups is 1. The molecule has 1 aromatic heterocycles. The molecule has 10 heteroatoms. The van der Waals surface area contributed by atoms with Crippen molar-refractivity contribution in [1.82, 2.24) is 4.90 Å². The predicted molar refractivity (Wildman–Crippen MR) is 143 cm³/mol. The average molecular weight is 567 g/mol. The van der Waals surface area contributed by atoms with Crippen LogP contribution in [0.25, 0.3) is 0 Å². The number of nitrogens with one attached hydrogen (secondary N) is 1. The summed E-state index contributed by atoms with van der Waals surface area (Å²) in [6.45, 7) is 6.44. The highest BCUT2D eigenvalue weighted by Gasteiger charge is 2.41. The largest absolute Gasteiger partial charge is 0.391 e. The fraction of sp³-hybridized carbons (Fsp3) is 0.536. The monoisotopic (exact) mass is 566 g/mol. The Bertz CT molecular complexity index is 1310. The molecule has 1 amide bonds. The summed E-state index contributed by atoms with van der Waals surface area (Å²) in [5, 5.41) is 3.72. The first kappa shape index (κ1) is 28.5. The van der Waals surface area contributed by atoms with Gasteiger partial charge in [0.1, 0.15) is 0 Å². The molecule has 38 heavy (non-hydrogen) atoms. The van der Waals surface area contributed by atoms with Crippen LogP contribution < -0.4 is 5.32 Å². The zero-order valence-corrected chi connectivity index (χ0v) is 23.4. The minimum atomic E-state index is -4.11. The zero-order chi connectivity index (χ0) is 27.7. The van der Waals surface area contributed by atoms with Gasteiger partial charge in [-0.3, -0.25) is 4.79 Å². The first-order chi connectivity index (χ1) is 17.9. The summed E-state index contributed by atoms with van der Waals surface area (Å²) >= 11 is 1.53. The highest BCUT2D eigenvalue weighted by atomic mass is 32.2. The molecule has 1 N–H and O–H groups in total. The lowest BCUT2D eigenvalue weighted by molar-refractivity contribution is -0.183. The predicted octanol–water partition coefficient (Wildman–Crippen LogP) is 6.57. The number of hydrogen-bond acceptors (Lipinski definition) is 5. The number of carbonyl (C=O) groups is 1. The Hall–Kier alpha value is -2.51. The molecule has 1 saturated carbocycles. The van der Waals surface area contributed by atoms with Crippen molar-refractivity contribution in [3.8, 4) is 12.0 Å². The summed E-state index contributed by atoms with van der Waals surface area (Å²) in [5.74, 6) is 2.15. The molecule has 206 valence electrons. The quantitative estimate of drug-likeness (QED) is 0.402. The van der Waals surface area contributed by atoms with Gasteiger partial charge in [0, 0.05) is 16.8 Å². The first-order valence-corrected chi connectivity index (χ1v) is 15.4. The number of thiophene rings is 1. The van der Waals surface area contributed by atoms with Crippen LogP contribution in [0.4, 0.5) is 18.2 Å². The molecule has 0 saturated heterocycles. The van der Waals surface area contributed by atoms with E-state index in [1.807, 2.05) is 6.07 Å². The Kier molecular flexibility index (Phi) is 8.48. The highest BCUT2D eigenvalue weighted by molar-refractivity contribution is 7.91. The Morgan fingerprint density at radius 3 is 2.39 bits per heavy atom. The van der Waals surface area contributed by atoms with Crippen molar-refractivity contribution in [3.05, 3.63) is 46.3 Å². The summed E-state index contributed by atoms with van der Waals surface area (Å²) in [6, 6.07) is 11.7. The number of amides is 1. The molecule has 1 aliphatic carbocycles. The molecule has 1 unspecified atom stereocenters. The maximum atomic E-state index is 13.0. The number of benzene rings is 1. The van der Waals surface area contributed by atoms with Gasteiger partial charge in [-0.15, -0.1) is 11.3 Å². The molecule has 0 spiro atoms. The Balaban J connectivity index is 1.37. The minimum Gasteiger partial charge on any atom is -0.320 e. The number of carbonyl (C=O) groups excluding carboxylic acids is 1. The third-order valence-electron chi connectivity index (χ3n) is 7.31. The second-order valence-corrected chi connectivity index (χ2v) is 13.8. The van der Waals surface area contributed by atoms with Crippen molar-refractivity contribution in [2.24, 2.45) is 17.8 Å². The average Bonchev–Trinajstić information content (AvgIpc) is 3.39. The molecule has 1 aliphatic heterocycles. The molecular weight excluding hydrogens is 533 g/mol. The first-order valence-electron chi connectivity index (χ1n) is 13.0. The summed E-state index contributed by atoms with van der Waals surface area (Å²) in [4.78, 5) is 16.1. The number of hydrogen-bond donors (Lipinski definition) is 1. The topological polar surface area (TPSA) is 66.5 Å². The molecule has 1 fully saturated rings. The maximum absolute atomic E-state index is 13.0. The normalized spacial score (nSPS) is 21.7. The number of anilines is 1. The van der Waals surface area contributed by atoms with Crippen LogP contribution in [-0.4, -0.2) is 31.2 Å². The van der Waals surface area contributed by atoms with Crippen molar-refractivity contribution in [2.75, 3.05) is 11.1 Å². The summed E-state index contributed by atoms with van der Waals surface area (Å²) in [7, 11) is -3.28. The van der Waals surface area contributed by atoms with Crippen LogP contribution in [0.3, 0.4) is 0 Å². The van der Waals surface area contributed by atoms with E-state index in [2.05, 4.69) is 36.0 Å². The smallest absolute Gasteiger partial charge is 0.320 e. The second kappa shape index (κ2) is 11.3. The van der Waals surface area contributed by atoms with Gasteiger partial charge in [0.15, 0.2) is 9.84 Å². The van der Waals surface area contributed by atoms with Gasteiger partial charge in [-0.1, -0.05) is 38.8 Å². The Morgan fingerprint density at radius 1 is 1.16 bits per heavy atom. The van der Waals surface area contributed by atoms with Crippen LogP contribution >= 0.6 is 11.3 Å². The fourth-order valence-corrected chi connectivity index (χ4v) is 7.42. The van der Waals surface area contributed by atoms with Crippen molar-refractivity contribution < 1.29 is 26.4 Å². The van der Waals surface area contributed by atoms with E-state index in [0.29, 0.717) is 19.4 Å². The number of alkyl halides is 3. The van der Waals surface area contributed by atoms with Gasteiger partial charge in [-0.25, -0.2) is 8.42 Å². The van der Waals surface area contributed by atoms with E-state index in [9.17, 15) is 26.4 Å². The summed E-state index contributed by atoms with van der Waals surface area (Å²) in [5.41, 5.74) is 1.83. The second-order valence-electron chi connectivity index (χ2n) is 10.4. The lowest BCUT2D eigenvalue weighted by Crippen LogP contribution is -2.27. The highest BCUT2D eigenvalue weighted by Crippen LogP contribution is 2.45. The Morgan fingerprint density at radius 2 is 1.82 bits per heavy atom. The van der Waals surface area contributed by atoms with Crippen molar-refractivity contribution >= 4 is 32.1 Å². The molecule has 1 aromatic carbocycles. The van der Waals surface area contributed by atoms with Crippen LogP contribution in [0, 0.1) is 29.7 Å². The molecule has 2 aliphatic rings. The van der Waals surface area contributed by atoms with E-state index in [0.717, 1.165) is 21.0 Å². The van der Waals surface area contributed by atoms with Crippen molar-refractivity contribution in [3.63, 3.8) is 0 Å². The Labute approximate surface area is 226 Å². The van der Waals surface area contributed by atoms with Gasteiger partial charge in [-0.2, -0.15) is 13.2 Å². The number of fused-ring (bicyclic) bond motifs is 1. The van der Waals surface area contributed by atoms with E-state index in [1.165, 1.54) is 23.5 Å². The zero-order valence-electron chi connectivity index (χ0n) is 21.8. The van der Waals surface area contributed by atoms with Gasteiger partial charge in [0.25, 0.3) is 0 Å². The van der Waals surface area contributed by atoms with E-state index in [4.69, 9.17) is 0 Å². The summed E-state index contributed by atoms with van der Waals surface area (Å²) < 4.78 is 62.8. The molecule has 5 nitrogen and oxygen atoms in total. The van der Waals surface area contributed by atoms with Crippen molar-refractivity contribution in [1.29, 1.82) is 0 Å². The minimum absolute atomic E-state index is 0.00829. The van der Waals surface area contributed by atoms with E-state index in [1.54, 1.807) is 19.1 Å². The van der Waals surface area contributed by atoms with Crippen LogP contribution in [0.5, 0.6) is 0 Å². The standard InChI is InChI=1S/C28H33F3N2O3S2/c1-4-38(35,36)23-11-7-20(8-12-23)15-24(34)32-25-16-21-17-33(26(18(2)3)27(21)37-25)14-13-19-5-9-22(10-6-19)28(29,30)31/h7-8,11-12,16,18-19,22,26H,4-6,9-10,15,17H2,1-3H3,(H,32,34)/t19-,22-,26?. The SMILES string of the molecule is CCS(=O)(=O)c1ccc(CC(=O)Nc2cc3c(s2)C(C(C)C)N(C#C[C@H]2CC[C@H](C(F)(F)F)CC2)C3)cc1. The number of rotatable bonds is 6. The van der Waals surface area contributed by atoms with Gasteiger partial charge in [0.2, 0.25) is 5.91 Å². The van der Waals surface area contributed by atoms with E-state index < -0.39 is 21.9 Å². The van der Waals surface area contributed by atoms with Crippen LogP contribution in [0.1, 0.15) is 68.5 Å². The number of nitrogens with zero attached hydrogens (tertiary/aromatic N) is 1. The van der Waals surface area contributed by atoms with Crippen molar-refractivity contribution in [2.45, 2.75) is 76.5 Å². The maximum Gasteiger partial charge on any atom is 0.391 e. The van der Waals surface area contributed by atoms with E-state index in [-0.39, 0.29) is 53.7 Å². The van der Waals surface area contributed by atoms with Gasteiger partial charge in [0.05, 0.1) is 40.6 Å². The van der Waals surface area contributed by atoms with E-state index >= 15 is 0 Å². The van der Waals surface area contributed by atoms with Crippen LogP contribution in [-0.2, 0) is 27.6 Å². The third-order valence-corrected chi connectivity index (χ3v) is 10.2.